The molecule has 1 aliphatic carbocycles. The largest absolute Gasteiger partial charge is 0.508 e. The monoisotopic (exact) mass is 1260 g/mol. The maximum absolute atomic E-state index is 9.70. The van der Waals surface area contributed by atoms with Gasteiger partial charge in [-0.25, -0.2) is 38.7 Å². The summed E-state index contributed by atoms with van der Waals surface area (Å²) in [6.45, 7) is 29.5. The quantitative estimate of drug-likeness (QED) is 0.0285. The van der Waals surface area contributed by atoms with E-state index in [1.54, 1.807) is 66.7 Å². The summed E-state index contributed by atoms with van der Waals surface area (Å²) in [6, 6.07) is 26.1. The van der Waals surface area contributed by atoms with E-state index in [9.17, 15) is 46.0 Å². The van der Waals surface area contributed by atoms with Crippen LogP contribution in [0, 0.1) is 0 Å². The Morgan fingerprint density at radius 2 is 0.674 bits per heavy atom. The molecule has 4 aromatic heterocycles. The molecule has 0 amide bonds. The van der Waals surface area contributed by atoms with E-state index >= 15 is 0 Å². The lowest BCUT2D eigenvalue weighted by Gasteiger charge is -2.21. The highest BCUT2D eigenvalue weighted by Crippen LogP contribution is 2.39. The zero-order valence-corrected chi connectivity index (χ0v) is 56.1. The van der Waals surface area contributed by atoms with Crippen LogP contribution in [0.1, 0.15) is 217 Å². The first-order valence-corrected chi connectivity index (χ1v) is 31.9. The highest BCUT2D eigenvalue weighted by Gasteiger charge is 2.32. The van der Waals surface area contributed by atoms with E-state index in [1.807, 2.05) is 39.5 Å². The fraction of sp³-hybridized carbons (Fsp3) is 0.465. The Bertz CT molecular complexity index is 3750. The smallest absolute Gasteiger partial charge is 0.181 e. The van der Waals surface area contributed by atoms with Gasteiger partial charge in [0, 0.05) is 50.0 Å². The zero-order valence-electron chi connectivity index (χ0n) is 56.1. The minimum Gasteiger partial charge on any atom is -0.508 e. The Balaban J connectivity index is 0.000000174. The van der Waals surface area contributed by atoms with E-state index in [1.165, 1.54) is 68.9 Å². The van der Waals surface area contributed by atoms with Crippen molar-refractivity contribution in [3.8, 4) is 63.1 Å². The van der Waals surface area contributed by atoms with Crippen LogP contribution in [0.15, 0.2) is 97.1 Å². The average Bonchev–Trinajstić information content (AvgIpc) is 1.66. The predicted molar refractivity (Wildman–Crippen MR) is 356 cm³/mol. The van der Waals surface area contributed by atoms with Crippen LogP contribution >= 0.6 is 0 Å². The van der Waals surface area contributed by atoms with Crippen molar-refractivity contribution in [2.45, 2.75) is 215 Å². The minimum atomic E-state index is -0.267. The van der Waals surface area contributed by atoms with Crippen molar-refractivity contribution < 1.29 is 46.0 Å². The van der Waals surface area contributed by atoms with Crippen molar-refractivity contribution in [1.29, 1.82) is 0 Å². The molecule has 0 aliphatic heterocycles. The molecule has 5 aromatic carbocycles. The zero-order chi connectivity index (χ0) is 67.5. The Morgan fingerprint density at radius 1 is 0.359 bits per heavy atom. The van der Waals surface area contributed by atoms with E-state index < -0.39 is 0 Å². The van der Waals surface area contributed by atoms with Crippen LogP contribution in [0.4, 0.5) is 0 Å². The van der Waals surface area contributed by atoms with E-state index in [4.69, 9.17) is 15.0 Å². The maximum Gasteiger partial charge on any atom is 0.181 e. The molecule has 0 radical (unpaired) electrons. The molecule has 0 saturated heterocycles. The Kier molecular flexibility index (Phi) is 22.8. The van der Waals surface area contributed by atoms with Gasteiger partial charge in [0.05, 0.1) is 22.2 Å². The number of hydrogen-bond donors (Lipinski definition) is 9. The van der Waals surface area contributed by atoms with Gasteiger partial charge < -0.3 is 46.0 Å². The lowest BCUT2D eigenvalue weighted by atomic mass is 10.1. The number of unbranched alkanes of at least 4 members (excludes halogenated alkanes) is 4. The molecule has 0 spiro atoms. The first-order chi connectivity index (χ1) is 43.2. The summed E-state index contributed by atoms with van der Waals surface area (Å²) in [6.07, 6.45) is 13.3. The summed E-state index contributed by atoms with van der Waals surface area (Å²) in [4.78, 5) is 18.8. The van der Waals surface area contributed by atoms with Gasteiger partial charge >= 0.3 is 0 Å². The van der Waals surface area contributed by atoms with Crippen molar-refractivity contribution >= 4 is 0 Å². The van der Waals surface area contributed by atoms with Crippen LogP contribution in [0.2, 0.25) is 0 Å². The Labute approximate surface area is 540 Å². The Morgan fingerprint density at radius 3 is 0.989 bits per heavy atom. The summed E-state index contributed by atoms with van der Waals surface area (Å²) in [5.41, 5.74) is 3.66. The molecule has 10 rings (SSSR count). The lowest BCUT2D eigenvalue weighted by molar-refractivity contribution is 0.341. The van der Waals surface area contributed by atoms with E-state index in [0.29, 0.717) is 37.4 Å². The van der Waals surface area contributed by atoms with E-state index in [-0.39, 0.29) is 73.9 Å². The summed E-state index contributed by atoms with van der Waals surface area (Å²) < 4.78 is 7.78. The number of phenols is 9. The topological polar surface area (TPSA) is 305 Å². The third kappa shape index (κ3) is 19.7. The van der Waals surface area contributed by atoms with Crippen LogP contribution in [0.5, 0.6) is 51.7 Å². The number of rotatable bonds is 18. The summed E-state index contributed by atoms with van der Waals surface area (Å²) in [5, 5.41) is 104. The van der Waals surface area contributed by atoms with Crippen LogP contribution in [0.3, 0.4) is 0 Å². The second kappa shape index (κ2) is 29.9. The molecule has 0 bridgehead atoms. The molecule has 21 heteroatoms. The van der Waals surface area contributed by atoms with Crippen molar-refractivity contribution in [2.24, 2.45) is 0 Å². The number of nitrogens with zero attached hydrogens (tertiary/aromatic N) is 12. The highest BCUT2D eigenvalue weighted by molar-refractivity contribution is 5.56. The Hall–Kier alpha value is -9.14. The summed E-state index contributed by atoms with van der Waals surface area (Å²) in [7, 11) is 0. The van der Waals surface area contributed by atoms with Crippen LogP contribution in [-0.4, -0.2) is 105 Å². The molecule has 9 N–H and O–H groups in total. The standard InChI is InChI=1S/C19H21N3O3.2C18H27N3O2.C16H21N3O2/c1-19(2,3)22-17(11-12-4-9-15(24)16(25)10-12)20-18(21-22)13-5-7-14(23)8-6-13;2*1-5-6-7-8-16-19-17(21(20-16)18(2,3)4)12-13-9-10-14(22)15(23)11-13;1-16(2,3)19-14(17-15(18-19)11-5-6-11)9-10-4-7-12(20)13(21)8-10/h4-10,23-25H,11H2,1-3H3;2*9-11,22-23H,5-8,12H2,1-4H3;4,7-8,11,20-21H,5-6,9H2,1-3H3. The number of aryl methyl sites for hydroxylation is 2. The fourth-order valence-electron chi connectivity index (χ4n) is 10.1. The fourth-order valence-corrected chi connectivity index (χ4v) is 10.1. The van der Waals surface area contributed by atoms with Gasteiger partial charge in [0.2, 0.25) is 0 Å². The first-order valence-electron chi connectivity index (χ1n) is 31.9. The molecule has 21 nitrogen and oxygen atoms in total. The third-order valence-electron chi connectivity index (χ3n) is 15.0. The molecule has 4 heterocycles. The van der Waals surface area contributed by atoms with Gasteiger partial charge in [-0.1, -0.05) is 63.8 Å². The maximum atomic E-state index is 9.70. The van der Waals surface area contributed by atoms with Crippen molar-refractivity contribution in [1.82, 2.24) is 59.1 Å². The number of aromatic hydroxyl groups is 9. The second-order valence-corrected chi connectivity index (χ2v) is 27.7. The highest BCUT2D eigenvalue weighted by atomic mass is 16.3. The van der Waals surface area contributed by atoms with Gasteiger partial charge in [-0.3, -0.25) is 0 Å². The van der Waals surface area contributed by atoms with Gasteiger partial charge in [0.1, 0.15) is 29.0 Å². The molecular formula is C71H96N12O9. The molecule has 0 unspecified atom stereocenters. The molecule has 1 saturated carbocycles. The normalized spacial score (nSPS) is 12.6. The van der Waals surface area contributed by atoms with Gasteiger partial charge in [-0.2, -0.15) is 20.4 Å². The molecule has 1 fully saturated rings. The van der Waals surface area contributed by atoms with Gasteiger partial charge in [0.15, 0.2) is 69.3 Å². The molecule has 9 aromatic rings. The second-order valence-electron chi connectivity index (χ2n) is 27.7. The van der Waals surface area contributed by atoms with Gasteiger partial charge in [-0.15, -0.1) is 0 Å². The molecule has 92 heavy (non-hydrogen) atoms. The first kappa shape index (κ1) is 70.3. The van der Waals surface area contributed by atoms with E-state index in [2.05, 4.69) is 102 Å². The van der Waals surface area contributed by atoms with Gasteiger partial charge in [0.25, 0.3) is 0 Å². The van der Waals surface area contributed by atoms with Crippen LogP contribution < -0.4 is 0 Å². The number of aromatic nitrogens is 12. The van der Waals surface area contributed by atoms with Crippen LogP contribution in [0.25, 0.3) is 11.4 Å². The number of hydrogen-bond acceptors (Lipinski definition) is 17. The molecule has 494 valence electrons. The molecular weight excluding hydrogens is 1160 g/mol. The van der Waals surface area contributed by atoms with Crippen molar-refractivity contribution in [3.63, 3.8) is 0 Å². The lowest BCUT2D eigenvalue weighted by Crippen LogP contribution is -2.25. The minimum absolute atomic E-state index is 0.100. The summed E-state index contributed by atoms with van der Waals surface area (Å²) >= 11 is 0. The predicted octanol–water partition coefficient (Wildman–Crippen LogP) is 13.9. The number of benzene rings is 5. The van der Waals surface area contributed by atoms with E-state index in [0.717, 1.165) is 94.3 Å². The average molecular weight is 1260 g/mol. The van der Waals surface area contributed by atoms with Gasteiger partial charge in [-0.05, 0) is 204 Å². The number of phenolic OH excluding ortho intramolecular Hbond substituents is 9. The molecule has 1 aliphatic rings. The van der Waals surface area contributed by atoms with Crippen molar-refractivity contribution in [2.75, 3.05) is 0 Å². The third-order valence-corrected chi connectivity index (χ3v) is 15.0. The van der Waals surface area contributed by atoms with Crippen molar-refractivity contribution in [3.05, 3.63) is 160 Å². The summed E-state index contributed by atoms with van der Waals surface area (Å²) in [5.74, 6) is 6.47. The molecule has 0 atom stereocenters. The SMILES string of the molecule is CC(C)(C)n1nc(-c2ccc(O)cc2)nc1Cc1ccc(O)c(O)c1.CC(C)(C)n1nc(C2CC2)nc1Cc1ccc(O)c(O)c1.CCCCCc1nc(Cc2ccc(O)c(O)c2)n(C(C)(C)C)n1.CCCCCc1nc(Cc2ccc(O)c(O)c2)n(C(C)(C)C)n1. The van der Waals surface area contributed by atoms with Crippen LogP contribution in [-0.2, 0) is 60.7 Å².